The molecular weight excluding hydrogens is 561 g/mol. The van der Waals surface area contributed by atoms with E-state index in [1.54, 1.807) is 23.1 Å². The summed E-state index contributed by atoms with van der Waals surface area (Å²) in [7, 11) is 0. The fourth-order valence-corrected chi connectivity index (χ4v) is 5.74. The number of pyridine rings is 1. The van der Waals surface area contributed by atoms with Crippen LogP contribution in [0.25, 0.3) is 11.1 Å². The number of nitrogens with zero attached hydrogens (tertiary/aromatic N) is 7. The Morgan fingerprint density at radius 1 is 1.10 bits per heavy atom. The Morgan fingerprint density at radius 3 is 2.50 bits per heavy atom. The SMILES string of the molecule is CC(C)(C)OC(=O)N1CCC2(CC1)CN(c1nc(Cl)nnc1Oc1ccc(F)cc1-c1ccc(C#N)nc1C1CC1)C2. The lowest BCUT2D eigenvalue weighted by Gasteiger charge is -2.54. The number of carbonyl (C=O) groups is 1. The summed E-state index contributed by atoms with van der Waals surface area (Å²) in [6.07, 6.45) is 3.31. The van der Waals surface area contributed by atoms with Crippen LogP contribution >= 0.6 is 11.6 Å². The smallest absolute Gasteiger partial charge is 0.410 e. The van der Waals surface area contributed by atoms with E-state index in [2.05, 4.69) is 26.2 Å². The molecule has 6 rings (SSSR count). The monoisotopic (exact) mass is 591 g/mol. The van der Waals surface area contributed by atoms with Crippen molar-refractivity contribution in [2.24, 2.45) is 5.41 Å². The van der Waals surface area contributed by atoms with Crippen molar-refractivity contribution >= 4 is 23.5 Å². The van der Waals surface area contributed by atoms with Crippen molar-refractivity contribution in [1.82, 2.24) is 25.1 Å². The number of nitriles is 1. The van der Waals surface area contributed by atoms with E-state index >= 15 is 0 Å². The van der Waals surface area contributed by atoms with Crippen molar-refractivity contribution in [3.63, 3.8) is 0 Å². The standard InChI is InChI=1S/C30H31ClFN7O3/c1-29(2,3)42-28(40)38-12-10-30(11-13-38)16-39(17-30)25-26(36-37-27(31)35-25)41-23-9-6-19(32)14-22(23)21-8-7-20(15-33)34-24(21)18-4-5-18/h6-9,14,18H,4-5,10-13,16-17H2,1-3H3. The van der Waals surface area contributed by atoms with Crippen LogP contribution in [0.3, 0.4) is 0 Å². The molecule has 1 saturated carbocycles. The predicted octanol–water partition coefficient (Wildman–Crippen LogP) is 6.10. The maximum Gasteiger partial charge on any atom is 0.410 e. The first-order chi connectivity index (χ1) is 20.0. The summed E-state index contributed by atoms with van der Waals surface area (Å²) in [6, 6.07) is 9.76. The van der Waals surface area contributed by atoms with E-state index in [4.69, 9.17) is 21.1 Å². The van der Waals surface area contributed by atoms with Gasteiger partial charge in [0.05, 0.1) is 5.69 Å². The van der Waals surface area contributed by atoms with Gasteiger partial charge in [-0.2, -0.15) is 10.2 Å². The molecule has 1 amide bonds. The Bertz CT molecular complexity index is 1570. The Kier molecular flexibility index (Phi) is 7.13. The first-order valence-corrected chi connectivity index (χ1v) is 14.4. The molecule has 2 saturated heterocycles. The average molecular weight is 592 g/mol. The molecule has 3 aromatic rings. The lowest BCUT2D eigenvalue weighted by atomic mass is 9.72. The maximum atomic E-state index is 14.5. The summed E-state index contributed by atoms with van der Waals surface area (Å²) in [5, 5.41) is 17.5. The third kappa shape index (κ3) is 5.81. The molecule has 42 heavy (non-hydrogen) atoms. The summed E-state index contributed by atoms with van der Waals surface area (Å²) in [5.74, 6) is 0.765. The first-order valence-electron chi connectivity index (χ1n) is 14.0. The minimum atomic E-state index is -0.532. The van der Waals surface area contributed by atoms with Crippen molar-refractivity contribution in [2.45, 2.75) is 58.0 Å². The third-order valence-electron chi connectivity index (χ3n) is 7.88. The highest BCUT2D eigenvalue weighted by molar-refractivity contribution is 6.28. The zero-order chi connectivity index (χ0) is 29.6. The van der Waals surface area contributed by atoms with E-state index in [9.17, 15) is 14.4 Å². The Morgan fingerprint density at radius 2 is 1.83 bits per heavy atom. The van der Waals surface area contributed by atoms with E-state index in [-0.39, 0.29) is 28.6 Å². The van der Waals surface area contributed by atoms with E-state index in [0.717, 1.165) is 31.4 Å². The summed E-state index contributed by atoms with van der Waals surface area (Å²) < 4.78 is 26.3. The van der Waals surface area contributed by atoms with Crippen LogP contribution in [0, 0.1) is 22.6 Å². The molecule has 0 atom stereocenters. The van der Waals surface area contributed by atoms with Crippen molar-refractivity contribution < 1.29 is 18.7 Å². The second-order valence-electron chi connectivity index (χ2n) is 12.3. The summed E-state index contributed by atoms with van der Waals surface area (Å²) >= 11 is 6.16. The first kappa shape index (κ1) is 28.1. The largest absolute Gasteiger partial charge is 0.444 e. The molecule has 0 radical (unpaired) electrons. The van der Waals surface area contributed by atoms with Gasteiger partial charge < -0.3 is 19.3 Å². The molecule has 218 valence electrons. The third-order valence-corrected chi connectivity index (χ3v) is 8.04. The minimum absolute atomic E-state index is 0.00955. The van der Waals surface area contributed by atoms with Crippen LogP contribution in [0.1, 0.15) is 63.8 Å². The molecule has 2 aliphatic heterocycles. The van der Waals surface area contributed by atoms with E-state index < -0.39 is 11.4 Å². The molecule has 12 heteroatoms. The van der Waals surface area contributed by atoms with Gasteiger partial charge >= 0.3 is 6.09 Å². The fourth-order valence-electron chi connectivity index (χ4n) is 5.62. The number of ether oxygens (including phenoxy) is 2. The van der Waals surface area contributed by atoms with Gasteiger partial charge in [0.15, 0.2) is 5.82 Å². The van der Waals surface area contributed by atoms with Gasteiger partial charge in [0.2, 0.25) is 5.28 Å². The number of carbonyl (C=O) groups excluding carboxylic acids is 1. The molecular formula is C30H31ClFN7O3. The summed E-state index contributed by atoms with van der Waals surface area (Å²) in [4.78, 5) is 25.3. The van der Waals surface area contributed by atoms with Crippen molar-refractivity contribution in [3.05, 3.63) is 52.8 Å². The highest BCUT2D eigenvalue weighted by atomic mass is 35.5. The number of anilines is 1. The number of hydrogen-bond donors (Lipinski definition) is 0. The van der Waals surface area contributed by atoms with Gasteiger partial charge in [0.1, 0.15) is 28.9 Å². The second kappa shape index (κ2) is 10.7. The van der Waals surface area contributed by atoms with Crippen LogP contribution in [0.15, 0.2) is 30.3 Å². The number of halogens is 2. The van der Waals surface area contributed by atoms with E-state index in [0.29, 0.717) is 54.6 Å². The molecule has 10 nitrogen and oxygen atoms in total. The molecule has 0 bridgehead atoms. The molecule has 3 fully saturated rings. The van der Waals surface area contributed by atoms with Gasteiger partial charge in [-0.25, -0.2) is 14.2 Å². The zero-order valence-electron chi connectivity index (χ0n) is 23.7. The van der Waals surface area contributed by atoms with Crippen LogP contribution in [-0.4, -0.2) is 62.9 Å². The number of piperidine rings is 1. The molecule has 2 aromatic heterocycles. The number of aromatic nitrogens is 4. The lowest BCUT2D eigenvalue weighted by molar-refractivity contribution is 0.00585. The predicted molar refractivity (Wildman–Crippen MR) is 153 cm³/mol. The van der Waals surface area contributed by atoms with Crippen molar-refractivity contribution in [1.29, 1.82) is 5.26 Å². The summed E-state index contributed by atoms with van der Waals surface area (Å²) in [6.45, 7) is 8.23. The quantitative estimate of drug-likeness (QED) is 0.346. The molecule has 0 N–H and O–H groups in total. The normalized spacial score (nSPS) is 17.9. The van der Waals surface area contributed by atoms with Crippen LogP contribution in [0.5, 0.6) is 11.6 Å². The Balaban J connectivity index is 1.22. The van der Waals surface area contributed by atoms with Gasteiger partial charge in [-0.05, 0) is 88.4 Å². The maximum absolute atomic E-state index is 14.5. The molecule has 3 aliphatic rings. The number of rotatable bonds is 5. The minimum Gasteiger partial charge on any atom is -0.444 e. The number of hydrogen-bond acceptors (Lipinski definition) is 9. The highest BCUT2D eigenvalue weighted by Gasteiger charge is 2.47. The van der Waals surface area contributed by atoms with Crippen LogP contribution in [0.4, 0.5) is 15.0 Å². The molecule has 1 spiro atoms. The summed E-state index contributed by atoms with van der Waals surface area (Å²) in [5.41, 5.74) is 1.79. The van der Waals surface area contributed by atoms with Crippen LogP contribution in [-0.2, 0) is 4.74 Å². The highest BCUT2D eigenvalue weighted by Crippen LogP contribution is 2.48. The average Bonchev–Trinajstić information content (AvgIpc) is 3.78. The second-order valence-corrected chi connectivity index (χ2v) is 12.6. The van der Waals surface area contributed by atoms with Crippen molar-refractivity contribution in [3.8, 4) is 28.8 Å². The van der Waals surface area contributed by atoms with E-state index in [1.165, 1.54) is 12.1 Å². The van der Waals surface area contributed by atoms with Crippen molar-refractivity contribution in [2.75, 3.05) is 31.1 Å². The van der Waals surface area contributed by atoms with Gasteiger partial charge in [0, 0.05) is 48.6 Å². The van der Waals surface area contributed by atoms with E-state index in [1.807, 2.05) is 25.7 Å². The van der Waals surface area contributed by atoms with Gasteiger partial charge in [-0.15, -0.1) is 10.2 Å². The number of benzene rings is 1. The van der Waals surface area contributed by atoms with Gasteiger partial charge in [-0.1, -0.05) is 0 Å². The Hall–Kier alpha value is -4.04. The molecule has 4 heterocycles. The molecule has 1 aromatic carbocycles. The lowest BCUT2D eigenvalue weighted by Crippen LogP contribution is -2.61. The van der Waals surface area contributed by atoms with Crippen LogP contribution in [0.2, 0.25) is 5.28 Å². The number of amides is 1. The Labute approximate surface area is 248 Å². The van der Waals surface area contributed by atoms with Gasteiger partial charge in [-0.3, -0.25) is 0 Å². The topological polar surface area (TPSA) is 117 Å². The number of likely N-dealkylation sites (tertiary alicyclic amines) is 1. The fraction of sp³-hybridized carbons (Fsp3) is 0.467. The van der Waals surface area contributed by atoms with Gasteiger partial charge in [0.25, 0.3) is 5.88 Å². The molecule has 1 aliphatic carbocycles. The zero-order valence-corrected chi connectivity index (χ0v) is 24.5. The van der Waals surface area contributed by atoms with Crippen LogP contribution < -0.4 is 9.64 Å². The molecule has 0 unspecified atom stereocenters.